The first-order chi connectivity index (χ1) is 7.75. The fourth-order valence-corrected chi connectivity index (χ4v) is 1.40. The number of hydrogen-bond acceptors (Lipinski definition) is 3. The van der Waals surface area contributed by atoms with Crippen molar-refractivity contribution in [1.29, 1.82) is 0 Å². The van der Waals surface area contributed by atoms with Crippen LogP contribution < -0.4 is 4.74 Å². The standard InChI is InChI=1S/C13H10O2S/c14-13(10-4-2-1-3-5-10)15-11-6-8-12(16)9-7-11/h1-9,16H. The molecule has 2 rings (SSSR count). The zero-order chi connectivity index (χ0) is 11.4. The van der Waals surface area contributed by atoms with Crippen molar-refractivity contribution in [2.45, 2.75) is 4.90 Å². The summed E-state index contributed by atoms with van der Waals surface area (Å²) in [6.07, 6.45) is 0. The van der Waals surface area contributed by atoms with Gasteiger partial charge in [0, 0.05) is 4.90 Å². The third kappa shape index (κ3) is 2.64. The van der Waals surface area contributed by atoms with Crippen molar-refractivity contribution in [3.05, 3.63) is 60.2 Å². The molecule has 0 atom stereocenters. The highest BCUT2D eigenvalue weighted by atomic mass is 32.1. The summed E-state index contributed by atoms with van der Waals surface area (Å²) in [6, 6.07) is 15.9. The lowest BCUT2D eigenvalue weighted by Crippen LogP contribution is -2.07. The molecule has 80 valence electrons. The Bertz CT molecular complexity index is 477. The van der Waals surface area contributed by atoms with Gasteiger partial charge in [0.2, 0.25) is 0 Å². The lowest BCUT2D eigenvalue weighted by molar-refractivity contribution is 0.0734. The van der Waals surface area contributed by atoms with Crippen LogP contribution in [0, 0.1) is 0 Å². The molecule has 16 heavy (non-hydrogen) atoms. The summed E-state index contributed by atoms with van der Waals surface area (Å²) in [5.74, 6) is 0.166. The minimum Gasteiger partial charge on any atom is -0.423 e. The summed E-state index contributed by atoms with van der Waals surface area (Å²) in [5.41, 5.74) is 0.539. The fraction of sp³-hybridized carbons (Fsp3) is 0. The summed E-state index contributed by atoms with van der Waals surface area (Å²) in [6.45, 7) is 0. The Labute approximate surface area is 99.3 Å². The van der Waals surface area contributed by atoms with E-state index in [1.165, 1.54) is 0 Å². The number of hydrogen-bond donors (Lipinski definition) is 1. The van der Waals surface area contributed by atoms with E-state index in [9.17, 15) is 4.79 Å². The van der Waals surface area contributed by atoms with E-state index in [0.29, 0.717) is 11.3 Å². The van der Waals surface area contributed by atoms with E-state index in [1.54, 1.807) is 48.5 Å². The van der Waals surface area contributed by atoms with Crippen molar-refractivity contribution < 1.29 is 9.53 Å². The van der Waals surface area contributed by atoms with Gasteiger partial charge in [0.25, 0.3) is 0 Å². The van der Waals surface area contributed by atoms with Crippen LogP contribution >= 0.6 is 12.6 Å². The summed E-state index contributed by atoms with van der Waals surface area (Å²) in [4.78, 5) is 12.5. The van der Waals surface area contributed by atoms with Crippen LogP contribution in [0.5, 0.6) is 5.75 Å². The van der Waals surface area contributed by atoms with Gasteiger partial charge in [-0.25, -0.2) is 4.79 Å². The summed E-state index contributed by atoms with van der Waals surface area (Å²) < 4.78 is 5.18. The predicted molar refractivity (Wildman–Crippen MR) is 65.1 cm³/mol. The number of esters is 1. The maximum atomic E-state index is 11.7. The molecule has 0 aliphatic heterocycles. The highest BCUT2D eigenvalue weighted by molar-refractivity contribution is 7.80. The predicted octanol–water partition coefficient (Wildman–Crippen LogP) is 3.19. The highest BCUT2D eigenvalue weighted by Gasteiger charge is 2.06. The molecule has 0 amide bonds. The van der Waals surface area contributed by atoms with E-state index in [4.69, 9.17) is 4.74 Å². The molecule has 0 aliphatic carbocycles. The van der Waals surface area contributed by atoms with Gasteiger partial charge in [-0.15, -0.1) is 12.6 Å². The third-order valence-electron chi connectivity index (χ3n) is 2.06. The Hall–Kier alpha value is -1.74. The Balaban J connectivity index is 2.11. The second-order valence-electron chi connectivity index (χ2n) is 3.25. The van der Waals surface area contributed by atoms with Crippen LogP contribution in [0.25, 0.3) is 0 Å². The van der Waals surface area contributed by atoms with Crippen molar-refractivity contribution in [2.75, 3.05) is 0 Å². The number of carbonyl (C=O) groups is 1. The van der Waals surface area contributed by atoms with Crippen molar-refractivity contribution in [3.63, 3.8) is 0 Å². The van der Waals surface area contributed by atoms with Gasteiger partial charge in [0.1, 0.15) is 5.75 Å². The monoisotopic (exact) mass is 230 g/mol. The Morgan fingerprint density at radius 3 is 2.19 bits per heavy atom. The van der Waals surface area contributed by atoms with Gasteiger partial charge < -0.3 is 4.74 Å². The third-order valence-corrected chi connectivity index (χ3v) is 2.35. The van der Waals surface area contributed by atoms with E-state index in [-0.39, 0.29) is 5.97 Å². The van der Waals surface area contributed by atoms with Crippen LogP contribution in [0.3, 0.4) is 0 Å². The van der Waals surface area contributed by atoms with E-state index in [0.717, 1.165) is 4.90 Å². The first kappa shape index (κ1) is 10.8. The molecule has 0 radical (unpaired) electrons. The molecule has 0 unspecified atom stereocenters. The minimum absolute atomic E-state index is 0.354. The van der Waals surface area contributed by atoms with E-state index in [1.807, 2.05) is 6.07 Å². The lowest BCUT2D eigenvalue weighted by atomic mass is 10.2. The van der Waals surface area contributed by atoms with Crippen LogP contribution in [-0.2, 0) is 0 Å². The molecule has 2 aromatic carbocycles. The van der Waals surface area contributed by atoms with Gasteiger partial charge in [0.15, 0.2) is 0 Å². The quantitative estimate of drug-likeness (QED) is 0.487. The molecule has 0 aliphatic rings. The van der Waals surface area contributed by atoms with Crippen LogP contribution in [0.15, 0.2) is 59.5 Å². The molecule has 0 aromatic heterocycles. The maximum absolute atomic E-state index is 11.7. The SMILES string of the molecule is O=C(Oc1ccc(S)cc1)c1ccccc1. The molecular weight excluding hydrogens is 220 g/mol. The van der Waals surface area contributed by atoms with E-state index < -0.39 is 0 Å². The second-order valence-corrected chi connectivity index (χ2v) is 3.77. The Morgan fingerprint density at radius 1 is 0.938 bits per heavy atom. The fourth-order valence-electron chi connectivity index (χ4n) is 1.25. The summed E-state index contributed by atoms with van der Waals surface area (Å²) in [5, 5.41) is 0. The number of rotatable bonds is 2. The van der Waals surface area contributed by atoms with E-state index in [2.05, 4.69) is 12.6 Å². The zero-order valence-corrected chi connectivity index (χ0v) is 9.35. The second kappa shape index (κ2) is 4.86. The average molecular weight is 230 g/mol. The first-order valence-corrected chi connectivity index (χ1v) is 5.27. The molecule has 3 heteroatoms. The Kier molecular flexibility index (Phi) is 3.27. The van der Waals surface area contributed by atoms with Crippen molar-refractivity contribution >= 4 is 18.6 Å². The molecule has 2 aromatic rings. The highest BCUT2D eigenvalue weighted by Crippen LogP contribution is 2.15. The number of carbonyl (C=O) groups excluding carboxylic acids is 1. The molecule has 0 bridgehead atoms. The molecule has 0 saturated carbocycles. The van der Waals surface area contributed by atoms with Crippen molar-refractivity contribution in [1.82, 2.24) is 0 Å². The van der Waals surface area contributed by atoms with Gasteiger partial charge in [0.05, 0.1) is 5.56 Å². The van der Waals surface area contributed by atoms with Crippen LogP contribution in [0.4, 0.5) is 0 Å². The van der Waals surface area contributed by atoms with Crippen LogP contribution in [0.1, 0.15) is 10.4 Å². The molecular formula is C13H10O2S. The molecule has 0 saturated heterocycles. The van der Waals surface area contributed by atoms with Gasteiger partial charge in [-0.2, -0.15) is 0 Å². The number of benzene rings is 2. The van der Waals surface area contributed by atoms with Crippen molar-refractivity contribution in [2.24, 2.45) is 0 Å². The smallest absolute Gasteiger partial charge is 0.343 e. The lowest BCUT2D eigenvalue weighted by Gasteiger charge is -2.03. The molecule has 2 nitrogen and oxygen atoms in total. The summed E-state index contributed by atoms with van der Waals surface area (Å²) in [7, 11) is 0. The van der Waals surface area contributed by atoms with Crippen LogP contribution in [0.2, 0.25) is 0 Å². The summed E-state index contributed by atoms with van der Waals surface area (Å²) >= 11 is 4.15. The maximum Gasteiger partial charge on any atom is 0.343 e. The van der Waals surface area contributed by atoms with Gasteiger partial charge >= 0.3 is 5.97 Å². The molecule has 0 spiro atoms. The van der Waals surface area contributed by atoms with E-state index >= 15 is 0 Å². The number of thiol groups is 1. The van der Waals surface area contributed by atoms with Gasteiger partial charge in [-0.05, 0) is 36.4 Å². The first-order valence-electron chi connectivity index (χ1n) is 4.82. The molecule has 0 heterocycles. The van der Waals surface area contributed by atoms with Gasteiger partial charge in [-0.1, -0.05) is 18.2 Å². The van der Waals surface area contributed by atoms with Gasteiger partial charge in [-0.3, -0.25) is 0 Å². The van der Waals surface area contributed by atoms with Crippen molar-refractivity contribution in [3.8, 4) is 5.75 Å². The minimum atomic E-state index is -0.354. The molecule has 0 N–H and O–H groups in total. The Morgan fingerprint density at radius 2 is 1.56 bits per heavy atom. The normalized spacial score (nSPS) is 9.81. The van der Waals surface area contributed by atoms with Crippen LogP contribution in [-0.4, -0.2) is 5.97 Å². The topological polar surface area (TPSA) is 26.3 Å². The molecule has 0 fully saturated rings. The number of ether oxygens (including phenoxy) is 1. The zero-order valence-electron chi connectivity index (χ0n) is 8.46. The average Bonchev–Trinajstić information content (AvgIpc) is 2.33. The largest absolute Gasteiger partial charge is 0.423 e.